The van der Waals surface area contributed by atoms with Crippen LogP contribution in [-0.2, 0) is 0 Å². The van der Waals surface area contributed by atoms with Gasteiger partial charge in [-0.25, -0.2) is 4.98 Å². The summed E-state index contributed by atoms with van der Waals surface area (Å²) in [6.07, 6.45) is 3.61. The van der Waals surface area contributed by atoms with Gasteiger partial charge in [-0.2, -0.15) is 0 Å². The van der Waals surface area contributed by atoms with E-state index >= 15 is 0 Å². The average molecular weight is 397 g/mol. The predicted molar refractivity (Wildman–Crippen MR) is 74.4 cm³/mol. The molecule has 0 N–H and O–H groups in total. The van der Waals surface area contributed by atoms with E-state index in [1.165, 1.54) is 9.12 Å². The van der Waals surface area contributed by atoms with Gasteiger partial charge in [0.2, 0.25) is 0 Å². The fraction of sp³-hybridized carbons (Fsp3) is 0.111. The Morgan fingerprint density at radius 3 is 3.00 bits per heavy atom. The van der Waals surface area contributed by atoms with Crippen molar-refractivity contribution in [2.24, 2.45) is 0 Å². The van der Waals surface area contributed by atoms with Crippen LogP contribution >= 0.6 is 46.3 Å². The molecule has 0 amide bonds. The SMILES string of the molecule is CC(=O)c1cn(SI)c2cnc(Br)cc12. The van der Waals surface area contributed by atoms with E-state index in [0.717, 1.165) is 21.1 Å². The largest absolute Gasteiger partial charge is 0.294 e. The van der Waals surface area contributed by atoms with Crippen molar-refractivity contribution in [3.05, 3.63) is 28.6 Å². The topological polar surface area (TPSA) is 34.9 Å². The van der Waals surface area contributed by atoms with E-state index in [4.69, 9.17) is 0 Å². The number of halogens is 2. The molecule has 2 aromatic rings. The standard InChI is InChI=1S/C9H6BrIN2OS/c1-5(14)7-4-13(15-11)8-3-12-9(10)2-6(7)8/h2-4H,1H3. The zero-order valence-corrected chi connectivity index (χ0v) is 12.3. The molecule has 0 aliphatic carbocycles. The van der Waals surface area contributed by atoms with Gasteiger partial charge in [0, 0.05) is 47.5 Å². The molecule has 78 valence electrons. The van der Waals surface area contributed by atoms with Crippen LogP contribution in [0.3, 0.4) is 0 Å². The highest BCUT2D eigenvalue weighted by Crippen LogP contribution is 2.29. The molecule has 0 unspecified atom stereocenters. The summed E-state index contributed by atoms with van der Waals surface area (Å²) in [5.41, 5.74) is 1.69. The molecule has 0 aromatic carbocycles. The number of pyridine rings is 1. The van der Waals surface area contributed by atoms with Crippen molar-refractivity contribution in [1.29, 1.82) is 0 Å². The van der Waals surface area contributed by atoms with Gasteiger partial charge in [0.1, 0.15) is 4.60 Å². The molecule has 3 nitrogen and oxygen atoms in total. The Hall–Kier alpha value is -0.0800. The number of hydrogen-bond acceptors (Lipinski definition) is 3. The maximum absolute atomic E-state index is 11.4. The molecule has 0 fully saturated rings. The molecular weight excluding hydrogens is 391 g/mol. The van der Waals surface area contributed by atoms with E-state index in [1.807, 2.05) is 16.2 Å². The average Bonchev–Trinajstić information content (AvgIpc) is 2.55. The summed E-state index contributed by atoms with van der Waals surface area (Å²) in [5, 5.41) is 0.938. The number of aromatic nitrogens is 2. The van der Waals surface area contributed by atoms with Crippen molar-refractivity contribution >= 4 is 62.9 Å². The third-order valence-corrected chi connectivity index (χ3v) is 4.23. The third-order valence-electron chi connectivity index (χ3n) is 2.08. The van der Waals surface area contributed by atoms with Crippen molar-refractivity contribution in [1.82, 2.24) is 8.96 Å². The molecule has 0 aliphatic heterocycles. The molecule has 0 bridgehead atoms. The van der Waals surface area contributed by atoms with E-state index in [0.29, 0.717) is 0 Å². The second-order valence-corrected chi connectivity index (χ2v) is 5.54. The number of carbonyl (C=O) groups is 1. The molecule has 6 heteroatoms. The molecule has 0 saturated carbocycles. The third kappa shape index (κ3) is 2.07. The maximum atomic E-state index is 11.4. The zero-order chi connectivity index (χ0) is 11.0. The smallest absolute Gasteiger partial charge is 0.161 e. The highest BCUT2D eigenvalue weighted by Gasteiger charge is 2.12. The van der Waals surface area contributed by atoms with Gasteiger partial charge in [0.15, 0.2) is 5.78 Å². The number of rotatable bonds is 2. The summed E-state index contributed by atoms with van der Waals surface area (Å²) in [5.74, 6) is 0.0716. The van der Waals surface area contributed by atoms with Crippen LogP contribution in [0, 0.1) is 0 Å². The molecule has 0 aliphatic rings. The first-order valence-corrected chi connectivity index (χ1v) is 8.21. The van der Waals surface area contributed by atoms with Crippen molar-refractivity contribution in [2.45, 2.75) is 6.92 Å². The summed E-state index contributed by atoms with van der Waals surface area (Å²) in [4.78, 5) is 15.6. The summed E-state index contributed by atoms with van der Waals surface area (Å²) in [7, 11) is 1.52. The van der Waals surface area contributed by atoms with Crippen LogP contribution in [0.25, 0.3) is 10.9 Å². The first-order valence-electron chi connectivity index (χ1n) is 4.10. The van der Waals surface area contributed by atoms with Gasteiger partial charge in [-0.3, -0.25) is 8.77 Å². The zero-order valence-electron chi connectivity index (χ0n) is 7.70. The summed E-state index contributed by atoms with van der Waals surface area (Å²) in [6.45, 7) is 1.57. The van der Waals surface area contributed by atoms with Crippen LogP contribution in [0.4, 0.5) is 0 Å². The van der Waals surface area contributed by atoms with Gasteiger partial charge in [-0.05, 0) is 28.9 Å². The Morgan fingerprint density at radius 1 is 1.67 bits per heavy atom. The minimum Gasteiger partial charge on any atom is -0.294 e. The molecule has 2 rings (SSSR count). The van der Waals surface area contributed by atoms with Crippen molar-refractivity contribution in [2.75, 3.05) is 0 Å². The Labute approximate surface area is 111 Å². The molecule has 2 heterocycles. The van der Waals surface area contributed by atoms with E-state index in [2.05, 4.69) is 42.1 Å². The van der Waals surface area contributed by atoms with E-state index in [9.17, 15) is 4.79 Å². The number of hydrogen-bond donors (Lipinski definition) is 0. The van der Waals surface area contributed by atoms with Crippen LogP contribution in [0.5, 0.6) is 0 Å². The van der Waals surface area contributed by atoms with Crippen LogP contribution in [-0.4, -0.2) is 14.7 Å². The van der Waals surface area contributed by atoms with Crippen molar-refractivity contribution in [3.63, 3.8) is 0 Å². The summed E-state index contributed by atoms with van der Waals surface area (Å²) < 4.78 is 2.68. The maximum Gasteiger partial charge on any atom is 0.161 e. The fourth-order valence-electron chi connectivity index (χ4n) is 1.41. The predicted octanol–water partition coefficient (Wildman–Crippen LogP) is 3.85. The van der Waals surface area contributed by atoms with E-state index < -0.39 is 0 Å². The van der Waals surface area contributed by atoms with Gasteiger partial charge >= 0.3 is 0 Å². The minimum absolute atomic E-state index is 0.0716. The first-order chi connectivity index (χ1) is 7.13. The number of nitrogens with zero attached hydrogens (tertiary/aromatic N) is 2. The van der Waals surface area contributed by atoms with Gasteiger partial charge in [-0.1, -0.05) is 0 Å². The van der Waals surface area contributed by atoms with E-state index in [-0.39, 0.29) is 5.78 Å². The molecule has 0 spiro atoms. The van der Waals surface area contributed by atoms with Crippen molar-refractivity contribution < 1.29 is 4.79 Å². The van der Waals surface area contributed by atoms with Gasteiger partial charge in [0.05, 0.1) is 11.7 Å². The Bertz CT molecular complexity index is 540. The summed E-state index contributed by atoms with van der Waals surface area (Å²) in [6, 6.07) is 1.87. The highest BCUT2D eigenvalue weighted by molar-refractivity contribution is 14.2. The molecule has 15 heavy (non-hydrogen) atoms. The van der Waals surface area contributed by atoms with Crippen LogP contribution in [0.2, 0.25) is 0 Å². The quantitative estimate of drug-likeness (QED) is 0.439. The summed E-state index contributed by atoms with van der Waals surface area (Å²) >= 11 is 5.48. The number of fused-ring (bicyclic) bond motifs is 1. The monoisotopic (exact) mass is 396 g/mol. The van der Waals surface area contributed by atoms with Gasteiger partial charge in [0.25, 0.3) is 0 Å². The lowest BCUT2D eigenvalue weighted by atomic mass is 10.1. The van der Waals surface area contributed by atoms with Crippen molar-refractivity contribution in [3.8, 4) is 0 Å². The van der Waals surface area contributed by atoms with Crippen LogP contribution < -0.4 is 0 Å². The second-order valence-electron chi connectivity index (χ2n) is 3.02. The molecule has 2 aromatic heterocycles. The molecular formula is C9H6BrIN2OS. The fourth-order valence-corrected chi connectivity index (χ4v) is 3.08. The normalized spacial score (nSPS) is 10.9. The number of Topliss-reactive ketones (excluding diaryl/α,β-unsaturated/α-hetero) is 1. The first kappa shape index (κ1) is 11.4. The number of ketones is 1. The van der Waals surface area contributed by atoms with E-state index in [1.54, 1.807) is 13.1 Å². The lowest BCUT2D eigenvalue weighted by molar-refractivity contribution is 0.101. The van der Waals surface area contributed by atoms with Crippen LogP contribution in [0.15, 0.2) is 23.1 Å². The number of carbonyl (C=O) groups excluding carboxylic acids is 1. The molecule has 0 atom stereocenters. The minimum atomic E-state index is 0.0716. The van der Waals surface area contributed by atoms with Crippen LogP contribution in [0.1, 0.15) is 17.3 Å². The Balaban J connectivity index is 2.81. The van der Waals surface area contributed by atoms with Gasteiger partial charge in [-0.15, -0.1) is 0 Å². The Morgan fingerprint density at radius 2 is 2.40 bits per heavy atom. The lowest BCUT2D eigenvalue weighted by Gasteiger charge is -1.96. The second kappa shape index (κ2) is 4.42. The molecule has 0 radical (unpaired) electrons. The molecule has 0 saturated heterocycles. The Kier molecular flexibility index (Phi) is 3.36. The lowest BCUT2D eigenvalue weighted by Crippen LogP contribution is -1.88. The highest BCUT2D eigenvalue weighted by atomic mass is 127. The van der Waals surface area contributed by atoms with Gasteiger partial charge < -0.3 is 0 Å².